The highest BCUT2D eigenvalue weighted by Gasteiger charge is 2.02. The Labute approximate surface area is 97.9 Å². The number of nitrogens with zero attached hydrogens (tertiary/aromatic N) is 2. The summed E-state index contributed by atoms with van der Waals surface area (Å²) in [5.41, 5.74) is 20.9. The highest BCUT2D eigenvalue weighted by atomic mass is 15.2. The van der Waals surface area contributed by atoms with Gasteiger partial charge in [0.05, 0.1) is 0 Å². The zero-order chi connectivity index (χ0) is 13.4. The van der Waals surface area contributed by atoms with Crippen LogP contribution in [0.5, 0.6) is 0 Å². The van der Waals surface area contributed by atoms with E-state index in [1.54, 1.807) is 0 Å². The van der Waals surface area contributed by atoms with E-state index in [0.29, 0.717) is 0 Å². The molecule has 0 fully saturated rings. The summed E-state index contributed by atoms with van der Waals surface area (Å²) in [4.78, 5) is 7.62. The molecule has 0 bridgehead atoms. The molecule has 0 aromatic rings. The van der Waals surface area contributed by atoms with Crippen LogP contribution in [0, 0.1) is 10.8 Å². The summed E-state index contributed by atoms with van der Waals surface area (Å²) in [6.45, 7) is 3.47. The molecular formula is C7H16N10. The predicted octanol–water partition coefficient (Wildman–Crippen LogP) is -2.91. The molecule has 0 saturated heterocycles. The number of nitrogens with one attached hydrogen (secondary N) is 4. The Morgan fingerprint density at radius 2 is 1.35 bits per heavy atom. The summed E-state index contributed by atoms with van der Waals surface area (Å²) in [5, 5.41) is 18.4. The van der Waals surface area contributed by atoms with Crippen LogP contribution in [0.15, 0.2) is 22.6 Å². The van der Waals surface area contributed by atoms with Gasteiger partial charge in [-0.3, -0.25) is 21.5 Å². The minimum absolute atomic E-state index is 0.109. The van der Waals surface area contributed by atoms with Gasteiger partial charge in [-0.15, -0.1) is 0 Å². The van der Waals surface area contributed by atoms with Crippen LogP contribution in [0.3, 0.4) is 0 Å². The van der Waals surface area contributed by atoms with Crippen LogP contribution in [-0.4, -0.2) is 30.0 Å². The van der Waals surface area contributed by atoms with Crippen LogP contribution in [0.4, 0.5) is 0 Å². The highest BCUT2D eigenvalue weighted by Crippen LogP contribution is 1.93. The van der Waals surface area contributed by atoms with Crippen molar-refractivity contribution >= 4 is 23.8 Å². The lowest BCUT2D eigenvalue weighted by atomic mass is 10.5. The Kier molecular flexibility index (Phi) is 5.57. The first-order chi connectivity index (χ1) is 7.85. The molecule has 17 heavy (non-hydrogen) atoms. The monoisotopic (exact) mass is 240 g/mol. The Bertz CT molecular complexity index is 335. The number of aliphatic imine (C=N–C) groups is 2. The Morgan fingerprint density at radius 3 is 1.59 bits per heavy atom. The SMILES string of the molecule is C=CC(N=C(N)NC(=N)N)N=C(N)NC(=N)N. The maximum absolute atomic E-state index is 6.92. The first-order valence-corrected chi connectivity index (χ1v) is 4.36. The molecule has 0 aromatic heterocycles. The van der Waals surface area contributed by atoms with E-state index in [1.807, 2.05) is 0 Å². The Balaban J connectivity index is 4.68. The number of nitrogens with two attached hydrogens (primary N) is 4. The van der Waals surface area contributed by atoms with Crippen molar-refractivity contribution < 1.29 is 0 Å². The summed E-state index contributed by atoms with van der Waals surface area (Å²) in [6.07, 6.45) is 0.567. The van der Waals surface area contributed by atoms with Crippen LogP contribution in [0.25, 0.3) is 0 Å². The average molecular weight is 240 g/mol. The molecule has 0 heterocycles. The fourth-order valence-electron chi connectivity index (χ4n) is 0.760. The summed E-state index contributed by atoms with van der Waals surface area (Å²) < 4.78 is 0. The van der Waals surface area contributed by atoms with Crippen LogP contribution in [-0.2, 0) is 0 Å². The molecule has 0 aromatic carbocycles. The van der Waals surface area contributed by atoms with Gasteiger partial charge in [0.15, 0.2) is 30.0 Å². The van der Waals surface area contributed by atoms with E-state index in [2.05, 4.69) is 27.2 Å². The fourth-order valence-corrected chi connectivity index (χ4v) is 0.760. The number of guanidine groups is 4. The summed E-state index contributed by atoms with van der Waals surface area (Å²) in [7, 11) is 0. The quantitative estimate of drug-likeness (QED) is 0.147. The van der Waals surface area contributed by atoms with E-state index in [4.69, 9.17) is 33.8 Å². The van der Waals surface area contributed by atoms with Gasteiger partial charge >= 0.3 is 0 Å². The van der Waals surface area contributed by atoms with Gasteiger partial charge in [-0.1, -0.05) is 6.58 Å². The van der Waals surface area contributed by atoms with Gasteiger partial charge in [-0.05, 0) is 6.08 Å². The average Bonchev–Trinajstić information content (AvgIpc) is 2.13. The predicted molar refractivity (Wildman–Crippen MR) is 67.3 cm³/mol. The second-order valence-electron chi connectivity index (χ2n) is 2.76. The van der Waals surface area contributed by atoms with Gasteiger partial charge in [0.25, 0.3) is 0 Å². The summed E-state index contributed by atoms with van der Waals surface area (Å²) in [6, 6.07) is 0. The smallest absolute Gasteiger partial charge is 0.197 e. The molecule has 0 unspecified atom stereocenters. The molecule has 0 atom stereocenters. The van der Waals surface area contributed by atoms with E-state index in [1.165, 1.54) is 6.08 Å². The molecule has 0 rings (SSSR count). The van der Waals surface area contributed by atoms with E-state index >= 15 is 0 Å². The lowest BCUT2D eigenvalue weighted by Gasteiger charge is -2.08. The minimum atomic E-state index is -0.784. The van der Waals surface area contributed by atoms with Crippen molar-refractivity contribution in [1.82, 2.24) is 10.6 Å². The molecule has 0 amide bonds. The Hall–Kier alpha value is -2.78. The van der Waals surface area contributed by atoms with E-state index in [9.17, 15) is 0 Å². The van der Waals surface area contributed by atoms with Gasteiger partial charge in [0, 0.05) is 0 Å². The van der Waals surface area contributed by atoms with E-state index in [0.717, 1.165) is 0 Å². The first kappa shape index (κ1) is 14.2. The standard InChI is InChI=1S/C7H16N10/c1-2-3(14-6(12)16-4(8)9)15-7(13)17-5(10)11/h2-3H,1H2,(H6,8,9,12,14,16)(H6,10,11,13,15,17). The van der Waals surface area contributed by atoms with Crippen LogP contribution in [0.2, 0.25) is 0 Å². The van der Waals surface area contributed by atoms with Gasteiger partial charge in [-0.2, -0.15) is 0 Å². The topological polar surface area (TPSA) is 201 Å². The number of hydrogen-bond acceptors (Lipinski definition) is 4. The third kappa shape index (κ3) is 7.18. The first-order valence-electron chi connectivity index (χ1n) is 4.36. The molecule has 0 saturated carbocycles. The maximum Gasteiger partial charge on any atom is 0.197 e. The normalized spacial score (nSPS) is 13.6. The van der Waals surface area contributed by atoms with Gasteiger partial charge in [0.1, 0.15) is 0 Å². The number of hydrogen-bond donors (Lipinski definition) is 8. The molecule has 12 N–H and O–H groups in total. The number of rotatable bonds is 3. The van der Waals surface area contributed by atoms with Crippen molar-refractivity contribution in [3.05, 3.63) is 12.7 Å². The molecule has 0 radical (unpaired) electrons. The molecule has 0 spiro atoms. The highest BCUT2D eigenvalue weighted by molar-refractivity contribution is 5.96. The minimum Gasteiger partial charge on any atom is -0.370 e. The molecule has 10 nitrogen and oxygen atoms in total. The van der Waals surface area contributed by atoms with E-state index in [-0.39, 0.29) is 23.8 Å². The van der Waals surface area contributed by atoms with Crippen molar-refractivity contribution in [2.24, 2.45) is 32.9 Å². The van der Waals surface area contributed by atoms with Crippen molar-refractivity contribution in [3.63, 3.8) is 0 Å². The summed E-state index contributed by atoms with van der Waals surface area (Å²) >= 11 is 0. The van der Waals surface area contributed by atoms with Crippen molar-refractivity contribution in [3.8, 4) is 0 Å². The zero-order valence-electron chi connectivity index (χ0n) is 9.07. The van der Waals surface area contributed by atoms with Crippen molar-refractivity contribution in [1.29, 1.82) is 10.8 Å². The largest absolute Gasteiger partial charge is 0.370 e. The molecule has 0 aliphatic carbocycles. The van der Waals surface area contributed by atoms with Gasteiger partial charge in [0.2, 0.25) is 0 Å². The molecule has 0 aliphatic heterocycles. The molecular weight excluding hydrogens is 224 g/mol. The molecule has 94 valence electrons. The molecule has 10 heteroatoms. The van der Waals surface area contributed by atoms with Gasteiger partial charge in [-0.25, -0.2) is 9.98 Å². The maximum atomic E-state index is 6.92. The zero-order valence-corrected chi connectivity index (χ0v) is 9.07. The third-order valence-corrected chi connectivity index (χ3v) is 1.28. The summed E-state index contributed by atoms with van der Waals surface area (Å²) in [5.74, 6) is -0.927. The third-order valence-electron chi connectivity index (χ3n) is 1.28. The molecule has 0 aliphatic rings. The van der Waals surface area contributed by atoms with Crippen LogP contribution < -0.4 is 33.6 Å². The lowest BCUT2D eigenvalue weighted by molar-refractivity contribution is 0.859. The Morgan fingerprint density at radius 1 is 1.00 bits per heavy atom. The van der Waals surface area contributed by atoms with Crippen molar-refractivity contribution in [2.75, 3.05) is 0 Å². The fraction of sp³-hybridized carbons (Fsp3) is 0.143. The van der Waals surface area contributed by atoms with Crippen molar-refractivity contribution in [2.45, 2.75) is 6.17 Å². The second kappa shape index (κ2) is 6.66. The van der Waals surface area contributed by atoms with Crippen LogP contribution >= 0.6 is 0 Å². The van der Waals surface area contributed by atoms with Crippen LogP contribution in [0.1, 0.15) is 0 Å². The van der Waals surface area contributed by atoms with E-state index < -0.39 is 6.17 Å². The second-order valence-corrected chi connectivity index (χ2v) is 2.76. The lowest BCUT2D eigenvalue weighted by Crippen LogP contribution is -2.42. The van der Waals surface area contributed by atoms with Gasteiger partial charge < -0.3 is 22.9 Å².